The predicted octanol–water partition coefficient (Wildman–Crippen LogP) is -0.507. The molecule has 4 rings (SSSR count). The zero-order chi connectivity index (χ0) is 21.0. The third-order valence-electron chi connectivity index (χ3n) is 3.74. The molecule has 4 aromatic rings. The van der Waals surface area contributed by atoms with E-state index < -0.39 is 16.3 Å². The van der Waals surface area contributed by atoms with Gasteiger partial charge in [0.25, 0.3) is 0 Å². The zero-order valence-electron chi connectivity index (χ0n) is 14.6. The Kier molecular flexibility index (Phi) is 5.87. The van der Waals surface area contributed by atoms with Crippen LogP contribution in [0, 0.1) is 10.2 Å². The molecule has 0 spiro atoms. The van der Waals surface area contributed by atoms with Crippen molar-refractivity contribution in [3.8, 4) is 34.3 Å². The summed E-state index contributed by atoms with van der Waals surface area (Å²) in [6, 6.07) is 20.5. The fraction of sp³-hybridized carbons (Fsp3) is 0. The van der Waals surface area contributed by atoms with Crippen molar-refractivity contribution in [2.75, 3.05) is 0 Å². The molecule has 0 saturated carbocycles. The van der Waals surface area contributed by atoms with Crippen molar-refractivity contribution in [1.82, 2.24) is 9.97 Å². The molecule has 10 heteroatoms. The van der Waals surface area contributed by atoms with E-state index in [0.717, 1.165) is 16.7 Å². The fourth-order valence-electron chi connectivity index (χ4n) is 2.65. The number of aromatic nitrogens is 2. The lowest BCUT2D eigenvalue weighted by atomic mass is 10.0. The number of hydrogen-bond acceptors (Lipinski definition) is 8. The van der Waals surface area contributed by atoms with Gasteiger partial charge in [0.1, 0.15) is 0 Å². The Morgan fingerprint density at radius 3 is 1.83 bits per heavy atom. The summed E-state index contributed by atoms with van der Waals surface area (Å²) < 4.78 is 39.8. The van der Waals surface area contributed by atoms with Crippen LogP contribution in [0.15, 0.2) is 71.1 Å². The Morgan fingerprint density at radius 1 is 0.759 bits per heavy atom. The molecule has 0 radical (unpaired) electrons. The number of halogens is 1. The average molecular weight is 417 g/mol. The van der Waals surface area contributed by atoms with Crippen LogP contribution in [-0.4, -0.2) is 20.2 Å². The predicted molar refractivity (Wildman–Crippen MR) is 90.4 cm³/mol. The third-order valence-corrected chi connectivity index (χ3v) is 3.74. The minimum absolute atomic E-state index is 0.125. The molecule has 2 aromatic heterocycles. The molecular formula is C19H13ClN2O7. The van der Waals surface area contributed by atoms with Crippen LogP contribution in [0.3, 0.4) is 0 Å². The first-order chi connectivity index (χ1) is 13.7. The van der Waals surface area contributed by atoms with Crippen LogP contribution >= 0.6 is 0 Å². The first-order valence-corrected chi connectivity index (χ1v) is 9.25. The van der Waals surface area contributed by atoms with E-state index in [2.05, 4.69) is 9.97 Å². The second-order valence-corrected chi connectivity index (χ2v) is 6.42. The maximum Gasteiger partial charge on any atom is 0.471 e. The highest BCUT2D eigenvalue weighted by molar-refractivity contribution is 5.96. The van der Waals surface area contributed by atoms with Crippen molar-refractivity contribution in [1.29, 1.82) is 0 Å². The molecule has 0 atom stereocenters. The monoisotopic (exact) mass is 416 g/mol. The van der Waals surface area contributed by atoms with Gasteiger partial charge in [-0.25, -0.2) is 18.6 Å². The lowest BCUT2D eigenvalue weighted by Gasteiger charge is -2.17. The summed E-state index contributed by atoms with van der Waals surface area (Å²) in [5.41, 5.74) is 2.61. The summed E-state index contributed by atoms with van der Waals surface area (Å²) in [6.07, 6.45) is 0. The van der Waals surface area contributed by atoms with Crippen LogP contribution < -0.4 is 18.6 Å². The standard InChI is InChI=1S/C19H12N2O3.ClHO4/c22-17-16-14(12-7-3-1-4-8-12)11-15(13-9-5-2-6-10-13)24-18(16)21-19(23)20-17;2-1(3,4)5/h1-11H,(H-,20,21,22,23);(H,2,3,4,5). The lowest BCUT2D eigenvalue weighted by Crippen LogP contribution is -2.68. The molecule has 0 aliphatic heterocycles. The average Bonchev–Trinajstić information content (AvgIpc) is 2.67. The van der Waals surface area contributed by atoms with E-state index in [1.165, 1.54) is 0 Å². The summed E-state index contributed by atoms with van der Waals surface area (Å²) in [6.45, 7) is 0. The molecule has 0 aliphatic rings. The lowest BCUT2D eigenvalue weighted by molar-refractivity contribution is -2.00. The molecule has 0 saturated heterocycles. The summed E-state index contributed by atoms with van der Waals surface area (Å²) in [7, 11) is -4.94. The molecule has 0 fully saturated rings. The number of nitrogens with zero attached hydrogens (tertiary/aromatic N) is 2. The van der Waals surface area contributed by atoms with Crippen molar-refractivity contribution in [2.45, 2.75) is 0 Å². The van der Waals surface area contributed by atoms with E-state index in [4.69, 9.17) is 23.1 Å². The second-order valence-electron chi connectivity index (χ2n) is 5.66. The third kappa shape index (κ3) is 5.35. The zero-order valence-corrected chi connectivity index (χ0v) is 15.3. The highest BCUT2D eigenvalue weighted by Gasteiger charge is 2.25. The van der Waals surface area contributed by atoms with Gasteiger partial charge in [0.15, 0.2) is 5.39 Å². The van der Waals surface area contributed by atoms with E-state index in [1.54, 1.807) is 0 Å². The first kappa shape index (κ1) is 20.4. The van der Waals surface area contributed by atoms with Crippen molar-refractivity contribution < 1.29 is 43.5 Å². The van der Waals surface area contributed by atoms with Gasteiger partial charge in [-0.3, -0.25) is 0 Å². The van der Waals surface area contributed by atoms with Crippen LogP contribution in [0.25, 0.3) is 33.6 Å². The van der Waals surface area contributed by atoms with Crippen molar-refractivity contribution >= 4 is 11.1 Å². The molecule has 0 bridgehead atoms. The molecule has 148 valence electrons. The van der Waals surface area contributed by atoms with Crippen LogP contribution in [0.4, 0.5) is 0 Å². The maximum atomic E-state index is 10.2. The van der Waals surface area contributed by atoms with Crippen LogP contribution in [-0.2, 0) is 0 Å². The van der Waals surface area contributed by atoms with Crippen LogP contribution in [0.5, 0.6) is 11.9 Å². The topological polar surface area (TPSA) is 170 Å². The highest BCUT2D eigenvalue weighted by atomic mass is 35.7. The largest absolute Gasteiger partial charge is 0.492 e. The number of rotatable bonds is 2. The van der Waals surface area contributed by atoms with Gasteiger partial charge in [0, 0.05) is 5.56 Å². The van der Waals surface area contributed by atoms with Gasteiger partial charge in [0.05, 0.1) is 11.6 Å². The Balaban J connectivity index is 0.000000431. The van der Waals surface area contributed by atoms with Gasteiger partial charge < -0.3 is 10.2 Å². The fourth-order valence-corrected chi connectivity index (χ4v) is 2.65. The van der Waals surface area contributed by atoms with Crippen LogP contribution in [0.1, 0.15) is 0 Å². The second kappa shape index (κ2) is 8.35. The maximum absolute atomic E-state index is 10.2. The van der Waals surface area contributed by atoms with E-state index in [1.807, 2.05) is 66.7 Å². The van der Waals surface area contributed by atoms with E-state index in [0.29, 0.717) is 11.1 Å². The Morgan fingerprint density at radius 2 is 1.28 bits per heavy atom. The normalized spacial score (nSPS) is 11.0. The van der Waals surface area contributed by atoms with Gasteiger partial charge in [-0.2, -0.15) is 9.40 Å². The molecule has 2 heterocycles. The number of fused-ring (bicyclic) bond motifs is 1. The molecule has 29 heavy (non-hydrogen) atoms. The Labute approximate surface area is 166 Å². The Hall–Kier alpha value is -3.34. The van der Waals surface area contributed by atoms with E-state index >= 15 is 0 Å². The quantitative estimate of drug-likeness (QED) is 0.408. The summed E-state index contributed by atoms with van der Waals surface area (Å²) in [5.74, 6) is 0.263. The molecule has 0 unspecified atom stereocenters. The van der Waals surface area contributed by atoms with Crippen LogP contribution in [0.2, 0.25) is 0 Å². The number of benzene rings is 2. The Bertz CT molecular complexity index is 1110. The smallest absolute Gasteiger partial charge is 0.471 e. The van der Waals surface area contributed by atoms with Gasteiger partial charge in [-0.15, -0.1) is 15.2 Å². The SMILES string of the molecule is Oc1nc(O)c2c(-c3ccccc3)cc(-c3ccccc3)[o+]c2n1.[O-][Cl+3]([O-])([O-])[O-]. The molecule has 2 aromatic carbocycles. The summed E-state index contributed by atoms with van der Waals surface area (Å²) in [5, 5.41) is 20.1. The van der Waals surface area contributed by atoms with Gasteiger partial charge in [-0.05, 0) is 17.7 Å². The van der Waals surface area contributed by atoms with E-state index in [9.17, 15) is 10.2 Å². The minimum Gasteiger partial charge on any atom is -0.492 e. The number of hydrogen-bond donors (Lipinski definition) is 2. The molecule has 0 amide bonds. The van der Waals surface area contributed by atoms with Gasteiger partial charge in [-0.1, -0.05) is 48.5 Å². The molecular weight excluding hydrogens is 404 g/mol. The highest BCUT2D eigenvalue weighted by Crippen LogP contribution is 2.37. The summed E-state index contributed by atoms with van der Waals surface area (Å²) in [4.78, 5) is 7.56. The molecule has 0 aliphatic carbocycles. The van der Waals surface area contributed by atoms with Crippen molar-refractivity contribution in [3.63, 3.8) is 0 Å². The first-order valence-electron chi connectivity index (χ1n) is 8.02. The van der Waals surface area contributed by atoms with Gasteiger partial charge in [0.2, 0.25) is 5.88 Å². The van der Waals surface area contributed by atoms with Crippen molar-refractivity contribution in [3.05, 3.63) is 66.7 Å². The molecule has 2 N–H and O–H groups in total. The summed E-state index contributed by atoms with van der Waals surface area (Å²) >= 11 is 0. The van der Waals surface area contributed by atoms with Crippen molar-refractivity contribution in [2.24, 2.45) is 0 Å². The number of aromatic hydroxyl groups is 2. The van der Waals surface area contributed by atoms with E-state index in [-0.39, 0.29) is 11.6 Å². The minimum atomic E-state index is -4.94. The molecule has 9 nitrogen and oxygen atoms in total. The van der Waals surface area contributed by atoms with Gasteiger partial charge >= 0.3 is 17.5 Å².